The summed E-state index contributed by atoms with van der Waals surface area (Å²) < 4.78 is 17.7. The molecule has 0 fully saturated rings. The number of hydrogen-bond acceptors (Lipinski definition) is 4. The monoisotopic (exact) mass is 213 g/mol. The molecule has 0 N–H and O–H groups in total. The normalized spacial score (nSPS) is 9.73. The number of nitro groups is 1. The van der Waals surface area contributed by atoms with Crippen molar-refractivity contribution < 1.29 is 18.8 Å². The van der Waals surface area contributed by atoms with Crippen LogP contribution in [-0.2, 0) is 16.0 Å². The van der Waals surface area contributed by atoms with Crippen LogP contribution < -0.4 is 0 Å². The van der Waals surface area contributed by atoms with Crippen LogP contribution in [-0.4, -0.2) is 18.0 Å². The standard InChI is InChI=1S/C9H8FNO4/c1-15-8(12)5-6-3-2-4-7(9(6)10)11(13)14/h2-4H,5H2,1H3. The van der Waals surface area contributed by atoms with Crippen LogP contribution in [0.5, 0.6) is 0 Å². The summed E-state index contributed by atoms with van der Waals surface area (Å²) in [6.07, 6.45) is -0.315. The number of esters is 1. The summed E-state index contributed by atoms with van der Waals surface area (Å²) in [6, 6.07) is 3.66. The fourth-order valence-corrected chi connectivity index (χ4v) is 1.07. The molecule has 0 radical (unpaired) electrons. The average molecular weight is 213 g/mol. The number of nitro benzene ring substituents is 1. The Labute approximate surface area is 84.6 Å². The molecule has 0 saturated carbocycles. The Morgan fingerprint density at radius 1 is 1.60 bits per heavy atom. The van der Waals surface area contributed by atoms with Crippen molar-refractivity contribution in [3.05, 3.63) is 39.7 Å². The Morgan fingerprint density at radius 2 is 2.27 bits per heavy atom. The molecule has 0 saturated heterocycles. The minimum absolute atomic E-state index is 0.0453. The molecule has 0 bridgehead atoms. The van der Waals surface area contributed by atoms with Crippen LogP contribution >= 0.6 is 0 Å². The quantitative estimate of drug-likeness (QED) is 0.433. The van der Waals surface area contributed by atoms with Gasteiger partial charge in [-0.3, -0.25) is 14.9 Å². The van der Waals surface area contributed by atoms with Crippen LogP contribution in [0.25, 0.3) is 0 Å². The van der Waals surface area contributed by atoms with Crippen LogP contribution in [0.1, 0.15) is 5.56 Å². The Balaban J connectivity index is 3.04. The van der Waals surface area contributed by atoms with E-state index in [0.717, 1.165) is 13.2 Å². The Bertz CT molecular complexity index is 405. The van der Waals surface area contributed by atoms with Gasteiger partial charge in [0.25, 0.3) is 0 Å². The first-order valence-corrected chi connectivity index (χ1v) is 4.05. The number of carbonyl (C=O) groups excluding carboxylic acids is 1. The van der Waals surface area contributed by atoms with E-state index in [1.807, 2.05) is 0 Å². The number of methoxy groups -OCH3 is 1. The van der Waals surface area contributed by atoms with Crippen molar-refractivity contribution in [1.29, 1.82) is 0 Å². The van der Waals surface area contributed by atoms with Gasteiger partial charge in [0, 0.05) is 11.6 Å². The molecular formula is C9H8FNO4. The first-order chi connectivity index (χ1) is 7.06. The second-order valence-electron chi connectivity index (χ2n) is 2.76. The maximum atomic E-state index is 13.4. The van der Waals surface area contributed by atoms with Crippen molar-refractivity contribution in [3.8, 4) is 0 Å². The van der Waals surface area contributed by atoms with E-state index >= 15 is 0 Å². The van der Waals surface area contributed by atoms with Crippen molar-refractivity contribution in [3.63, 3.8) is 0 Å². The summed E-state index contributed by atoms with van der Waals surface area (Å²) in [5, 5.41) is 10.4. The van der Waals surface area contributed by atoms with Gasteiger partial charge in [0.1, 0.15) is 0 Å². The van der Waals surface area contributed by atoms with Gasteiger partial charge < -0.3 is 4.74 Å². The van der Waals surface area contributed by atoms with Gasteiger partial charge in [-0.25, -0.2) is 0 Å². The minimum atomic E-state index is -0.993. The van der Waals surface area contributed by atoms with Crippen LogP contribution in [0.15, 0.2) is 18.2 Å². The summed E-state index contributed by atoms with van der Waals surface area (Å²) in [4.78, 5) is 20.4. The van der Waals surface area contributed by atoms with Gasteiger partial charge in [0.15, 0.2) is 0 Å². The van der Waals surface area contributed by atoms with Gasteiger partial charge in [-0.2, -0.15) is 4.39 Å². The van der Waals surface area contributed by atoms with Gasteiger partial charge in [-0.15, -0.1) is 0 Å². The summed E-state index contributed by atoms with van der Waals surface area (Å²) >= 11 is 0. The lowest BCUT2D eigenvalue weighted by Crippen LogP contribution is -2.07. The molecule has 0 aliphatic rings. The molecule has 0 heterocycles. The highest BCUT2D eigenvalue weighted by molar-refractivity contribution is 5.72. The number of nitrogens with zero attached hydrogens (tertiary/aromatic N) is 1. The number of benzene rings is 1. The molecule has 6 heteroatoms. The zero-order valence-corrected chi connectivity index (χ0v) is 7.90. The van der Waals surface area contributed by atoms with Crippen LogP contribution in [0, 0.1) is 15.9 Å². The van der Waals surface area contributed by atoms with Crippen molar-refractivity contribution >= 4 is 11.7 Å². The van der Waals surface area contributed by atoms with E-state index in [4.69, 9.17) is 0 Å². The molecule has 0 aliphatic carbocycles. The minimum Gasteiger partial charge on any atom is -0.469 e. The van der Waals surface area contributed by atoms with E-state index in [1.54, 1.807) is 0 Å². The van der Waals surface area contributed by atoms with E-state index in [9.17, 15) is 19.3 Å². The second-order valence-corrected chi connectivity index (χ2v) is 2.76. The van der Waals surface area contributed by atoms with Crippen LogP contribution in [0.4, 0.5) is 10.1 Å². The lowest BCUT2D eigenvalue weighted by molar-refractivity contribution is -0.387. The average Bonchev–Trinajstić information content (AvgIpc) is 2.20. The van der Waals surface area contributed by atoms with E-state index in [-0.39, 0.29) is 12.0 Å². The number of halogens is 1. The number of carbonyl (C=O) groups is 1. The molecule has 0 aliphatic heterocycles. The highest BCUT2D eigenvalue weighted by atomic mass is 19.1. The molecule has 0 unspecified atom stereocenters. The zero-order chi connectivity index (χ0) is 11.4. The Morgan fingerprint density at radius 3 is 2.80 bits per heavy atom. The molecule has 15 heavy (non-hydrogen) atoms. The second kappa shape index (κ2) is 4.50. The molecule has 1 aromatic rings. The molecule has 1 aromatic carbocycles. The third-order valence-electron chi connectivity index (χ3n) is 1.82. The molecule has 0 aromatic heterocycles. The molecule has 0 spiro atoms. The predicted molar refractivity (Wildman–Crippen MR) is 48.8 cm³/mol. The fourth-order valence-electron chi connectivity index (χ4n) is 1.07. The van der Waals surface area contributed by atoms with Gasteiger partial charge in [-0.05, 0) is 0 Å². The lowest BCUT2D eigenvalue weighted by atomic mass is 10.1. The van der Waals surface area contributed by atoms with E-state index < -0.39 is 22.4 Å². The first kappa shape index (κ1) is 11.1. The van der Waals surface area contributed by atoms with Crippen molar-refractivity contribution in [2.75, 3.05) is 7.11 Å². The highest BCUT2D eigenvalue weighted by Gasteiger charge is 2.18. The van der Waals surface area contributed by atoms with Crippen LogP contribution in [0.2, 0.25) is 0 Å². The van der Waals surface area contributed by atoms with Gasteiger partial charge in [-0.1, -0.05) is 12.1 Å². The van der Waals surface area contributed by atoms with E-state index in [0.29, 0.717) is 0 Å². The largest absolute Gasteiger partial charge is 0.469 e. The molecule has 0 amide bonds. The Kier molecular flexibility index (Phi) is 3.33. The van der Waals surface area contributed by atoms with Crippen molar-refractivity contribution in [1.82, 2.24) is 0 Å². The molecule has 1 rings (SSSR count). The zero-order valence-electron chi connectivity index (χ0n) is 7.90. The summed E-state index contributed by atoms with van der Waals surface area (Å²) in [7, 11) is 1.16. The predicted octanol–water partition coefficient (Wildman–Crippen LogP) is 1.45. The Hall–Kier alpha value is -1.98. The summed E-state index contributed by atoms with van der Waals surface area (Å²) in [6.45, 7) is 0. The summed E-state index contributed by atoms with van der Waals surface area (Å²) in [5.41, 5.74) is -0.688. The molecular weight excluding hydrogens is 205 g/mol. The topological polar surface area (TPSA) is 69.4 Å². The third-order valence-corrected chi connectivity index (χ3v) is 1.82. The number of hydrogen-bond donors (Lipinski definition) is 0. The maximum Gasteiger partial charge on any atom is 0.310 e. The van der Waals surface area contributed by atoms with Gasteiger partial charge in [0.05, 0.1) is 18.5 Å². The molecule has 0 atom stereocenters. The fraction of sp³-hybridized carbons (Fsp3) is 0.222. The van der Waals surface area contributed by atoms with E-state index in [2.05, 4.69) is 4.74 Å². The van der Waals surface area contributed by atoms with Crippen molar-refractivity contribution in [2.24, 2.45) is 0 Å². The van der Waals surface area contributed by atoms with E-state index in [1.165, 1.54) is 12.1 Å². The summed E-state index contributed by atoms with van der Waals surface area (Å²) in [5.74, 6) is -1.64. The molecule has 80 valence electrons. The lowest BCUT2D eigenvalue weighted by Gasteiger charge is -2.01. The third kappa shape index (κ3) is 2.49. The van der Waals surface area contributed by atoms with Crippen molar-refractivity contribution in [2.45, 2.75) is 6.42 Å². The smallest absolute Gasteiger partial charge is 0.310 e. The SMILES string of the molecule is COC(=O)Cc1cccc([N+](=O)[O-])c1F. The van der Waals surface area contributed by atoms with Gasteiger partial charge >= 0.3 is 11.7 Å². The van der Waals surface area contributed by atoms with Gasteiger partial charge in [0.2, 0.25) is 5.82 Å². The molecule has 5 nitrogen and oxygen atoms in total. The highest BCUT2D eigenvalue weighted by Crippen LogP contribution is 2.20. The number of rotatable bonds is 3. The number of ether oxygens (including phenoxy) is 1. The maximum absolute atomic E-state index is 13.4. The first-order valence-electron chi connectivity index (χ1n) is 4.05. The van der Waals surface area contributed by atoms with Crippen LogP contribution in [0.3, 0.4) is 0 Å².